The molecular weight excluding hydrogens is 352 g/mol. The van der Waals surface area contributed by atoms with Crippen LogP contribution < -0.4 is 5.32 Å². The number of aromatic nitrogens is 5. The largest absolute Gasteiger partial charge is 0.414 e. The summed E-state index contributed by atoms with van der Waals surface area (Å²) in [7, 11) is 0. The van der Waals surface area contributed by atoms with Gasteiger partial charge in [0.2, 0.25) is 11.8 Å². The fraction of sp³-hybridized carbons (Fsp3) is 0.214. The number of halogens is 1. The standard InChI is InChI=1S/C14H13ClN6O2S/c1-9-2-3-10(4-11(9)15)18-12(22)6-24-14-20-19-13(23-14)5-21-8-16-7-17-21/h2-4,7-8H,5-6H2,1H3,(H,18,22). The molecule has 3 aromatic rings. The molecule has 0 spiro atoms. The van der Waals surface area contributed by atoms with Crippen molar-refractivity contribution in [3.05, 3.63) is 47.3 Å². The molecule has 0 aliphatic carbocycles. The molecule has 0 aliphatic heterocycles. The summed E-state index contributed by atoms with van der Waals surface area (Å²) in [4.78, 5) is 15.8. The van der Waals surface area contributed by atoms with Gasteiger partial charge in [0, 0.05) is 10.7 Å². The van der Waals surface area contributed by atoms with Crippen LogP contribution in [0.3, 0.4) is 0 Å². The van der Waals surface area contributed by atoms with E-state index >= 15 is 0 Å². The Morgan fingerprint density at radius 1 is 1.42 bits per heavy atom. The number of hydrogen-bond donors (Lipinski definition) is 1. The fourth-order valence-corrected chi connectivity index (χ4v) is 2.57. The molecule has 0 aliphatic rings. The summed E-state index contributed by atoms with van der Waals surface area (Å²) in [6, 6.07) is 5.36. The molecule has 8 nitrogen and oxygen atoms in total. The number of carbonyl (C=O) groups excluding carboxylic acids is 1. The van der Waals surface area contributed by atoms with Gasteiger partial charge >= 0.3 is 0 Å². The number of anilines is 1. The van der Waals surface area contributed by atoms with Gasteiger partial charge in [-0.15, -0.1) is 10.2 Å². The Balaban J connectivity index is 1.51. The topological polar surface area (TPSA) is 98.7 Å². The minimum Gasteiger partial charge on any atom is -0.414 e. The molecule has 0 saturated carbocycles. The third-order valence-electron chi connectivity index (χ3n) is 2.99. The summed E-state index contributed by atoms with van der Waals surface area (Å²) in [5.41, 5.74) is 1.60. The minimum absolute atomic E-state index is 0.149. The molecule has 24 heavy (non-hydrogen) atoms. The van der Waals surface area contributed by atoms with Crippen LogP contribution in [0.4, 0.5) is 5.69 Å². The van der Waals surface area contributed by atoms with Gasteiger partial charge in [0.15, 0.2) is 0 Å². The van der Waals surface area contributed by atoms with Crippen molar-refractivity contribution < 1.29 is 9.21 Å². The van der Waals surface area contributed by atoms with E-state index in [2.05, 4.69) is 25.6 Å². The van der Waals surface area contributed by atoms with Crippen LogP contribution in [-0.2, 0) is 11.3 Å². The third kappa shape index (κ3) is 4.33. The van der Waals surface area contributed by atoms with Crippen molar-refractivity contribution in [1.29, 1.82) is 0 Å². The highest BCUT2D eigenvalue weighted by Gasteiger charge is 2.11. The number of benzene rings is 1. The number of carbonyl (C=O) groups is 1. The van der Waals surface area contributed by atoms with E-state index in [1.807, 2.05) is 13.0 Å². The first-order valence-electron chi connectivity index (χ1n) is 6.94. The quantitative estimate of drug-likeness (QED) is 0.670. The van der Waals surface area contributed by atoms with Crippen molar-refractivity contribution in [2.24, 2.45) is 0 Å². The smallest absolute Gasteiger partial charge is 0.277 e. The fourth-order valence-electron chi connectivity index (χ4n) is 1.81. The first-order valence-corrected chi connectivity index (χ1v) is 8.30. The lowest BCUT2D eigenvalue weighted by molar-refractivity contribution is -0.113. The molecule has 2 aromatic heterocycles. The molecular formula is C14H13ClN6O2S. The van der Waals surface area contributed by atoms with Gasteiger partial charge in [-0.3, -0.25) is 4.79 Å². The van der Waals surface area contributed by atoms with E-state index in [1.165, 1.54) is 6.33 Å². The second kappa shape index (κ2) is 7.45. The molecule has 1 N–H and O–H groups in total. The molecule has 3 rings (SSSR count). The lowest BCUT2D eigenvalue weighted by atomic mass is 10.2. The second-order valence-corrected chi connectivity index (χ2v) is 6.19. The van der Waals surface area contributed by atoms with Gasteiger partial charge in [0.1, 0.15) is 19.2 Å². The number of nitrogens with one attached hydrogen (secondary N) is 1. The van der Waals surface area contributed by atoms with Gasteiger partial charge in [-0.05, 0) is 24.6 Å². The molecule has 124 valence electrons. The normalized spacial score (nSPS) is 10.8. The second-order valence-electron chi connectivity index (χ2n) is 4.86. The van der Waals surface area contributed by atoms with E-state index in [-0.39, 0.29) is 11.7 Å². The predicted octanol–water partition coefficient (Wildman–Crippen LogP) is 2.40. The summed E-state index contributed by atoms with van der Waals surface area (Å²) in [5.74, 6) is 0.362. The Labute approximate surface area is 146 Å². The van der Waals surface area contributed by atoms with Crippen molar-refractivity contribution >= 4 is 35.0 Å². The Morgan fingerprint density at radius 3 is 3.04 bits per heavy atom. The third-order valence-corrected chi connectivity index (χ3v) is 4.22. The predicted molar refractivity (Wildman–Crippen MR) is 89.0 cm³/mol. The van der Waals surface area contributed by atoms with Crippen LogP contribution in [0.1, 0.15) is 11.5 Å². The Kier molecular flexibility index (Phi) is 5.11. The molecule has 0 saturated heterocycles. The van der Waals surface area contributed by atoms with E-state index < -0.39 is 0 Å². The average Bonchev–Trinajstić information content (AvgIpc) is 3.21. The monoisotopic (exact) mass is 364 g/mol. The zero-order valence-corrected chi connectivity index (χ0v) is 14.2. The van der Waals surface area contributed by atoms with Crippen LogP contribution in [-0.4, -0.2) is 36.6 Å². The Bertz CT molecular complexity index is 836. The van der Waals surface area contributed by atoms with Gasteiger partial charge in [0.25, 0.3) is 5.22 Å². The summed E-state index contributed by atoms with van der Waals surface area (Å²) in [6.07, 6.45) is 2.98. The maximum atomic E-state index is 12.0. The van der Waals surface area contributed by atoms with Crippen LogP contribution in [0.2, 0.25) is 5.02 Å². The van der Waals surface area contributed by atoms with Gasteiger partial charge < -0.3 is 9.73 Å². The van der Waals surface area contributed by atoms with Gasteiger partial charge in [-0.25, -0.2) is 9.67 Å². The number of amides is 1. The van der Waals surface area contributed by atoms with Gasteiger partial charge in [-0.2, -0.15) is 5.10 Å². The van der Waals surface area contributed by atoms with Crippen LogP contribution in [0.15, 0.2) is 40.5 Å². The Hall–Kier alpha value is -2.39. The van der Waals surface area contributed by atoms with Crippen molar-refractivity contribution in [3.63, 3.8) is 0 Å². The van der Waals surface area contributed by atoms with E-state index in [0.717, 1.165) is 17.3 Å². The van der Waals surface area contributed by atoms with E-state index in [9.17, 15) is 4.79 Å². The number of thioether (sulfide) groups is 1. The van der Waals surface area contributed by atoms with E-state index in [1.54, 1.807) is 23.1 Å². The zero-order chi connectivity index (χ0) is 16.9. The molecule has 0 radical (unpaired) electrons. The lowest BCUT2D eigenvalue weighted by Crippen LogP contribution is -2.14. The van der Waals surface area contributed by atoms with Crippen molar-refractivity contribution in [1.82, 2.24) is 25.0 Å². The Morgan fingerprint density at radius 2 is 2.29 bits per heavy atom. The molecule has 0 bridgehead atoms. The molecule has 0 unspecified atom stereocenters. The van der Waals surface area contributed by atoms with Crippen molar-refractivity contribution in [3.8, 4) is 0 Å². The summed E-state index contributed by atoms with van der Waals surface area (Å²) in [5, 5.41) is 15.4. The van der Waals surface area contributed by atoms with Crippen LogP contribution in [0.5, 0.6) is 0 Å². The zero-order valence-electron chi connectivity index (χ0n) is 12.6. The number of aryl methyl sites for hydroxylation is 1. The number of nitrogens with zero attached hydrogens (tertiary/aromatic N) is 5. The number of rotatable bonds is 6. The molecule has 0 fully saturated rings. The van der Waals surface area contributed by atoms with Crippen LogP contribution in [0.25, 0.3) is 0 Å². The van der Waals surface area contributed by atoms with Crippen molar-refractivity contribution in [2.75, 3.05) is 11.1 Å². The van der Waals surface area contributed by atoms with E-state index in [0.29, 0.717) is 28.4 Å². The van der Waals surface area contributed by atoms with Crippen LogP contribution in [0, 0.1) is 6.92 Å². The molecule has 10 heteroatoms. The summed E-state index contributed by atoms with van der Waals surface area (Å²) < 4.78 is 7.01. The molecule has 0 atom stereocenters. The average molecular weight is 365 g/mol. The highest BCUT2D eigenvalue weighted by atomic mass is 35.5. The van der Waals surface area contributed by atoms with Gasteiger partial charge in [0.05, 0.1) is 5.75 Å². The lowest BCUT2D eigenvalue weighted by Gasteiger charge is -2.05. The van der Waals surface area contributed by atoms with Crippen molar-refractivity contribution in [2.45, 2.75) is 18.7 Å². The molecule has 1 amide bonds. The minimum atomic E-state index is -0.184. The highest BCUT2D eigenvalue weighted by molar-refractivity contribution is 7.99. The highest BCUT2D eigenvalue weighted by Crippen LogP contribution is 2.21. The number of hydrogen-bond acceptors (Lipinski definition) is 7. The summed E-state index contributed by atoms with van der Waals surface area (Å²) >= 11 is 7.19. The SMILES string of the molecule is Cc1ccc(NC(=O)CSc2nnc(Cn3cncn3)o2)cc1Cl. The van der Waals surface area contributed by atoms with Gasteiger partial charge in [-0.1, -0.05) is 29.4 Å². The first-order chi connectivity index (χ1) is 11.6. The van der Waals surface area contributed by atoms with E-state index in [4.69, 9.17) is 16.0 Å². The first kappa shape index (κ1) is 16.5. The summed E-state index contributed by atoms with van der Waals surface area (Å²) in [6.45, 7) is 2.23. The maximum absolute atomic E-state index is 12.0. The van der Waals surface area contributed by atoms with Crippen LogP contribution >= 0.6 is 23.4 Å². The maximum Gasteiger partial charge on any atom is 0.277 e. The molecule has 2 heterocycles. The molecule has 1 aromatic carbocycles.